The van der Waals surface area contributed by atoms with E-state index in [9.17, 15) is 4.79 Å². The fourth-order valence-electron chi connectivity index (χ4n) is 1.81. The summed E-state index contributed by atoms with van der Waals surface area (Å²) in [7, 11) is 1.61. The highest BCUT2D eigenvalue weighted by molar-refractivity contribution is 5.92. The van der Waals surface area contributed by atoms with Gasteiger partial charge in [0.2, 0.25) is 5.91 Å². The summed E-state index contributed by atoms with van der Waals surface area (Å²) in [5.74, 6) is 0.723. The molecule has 5 nitrogen and oxygen atoms in total. The van der Waals surface area contributed by atoms with E-state index in [4.69, 9.17) is 9.47 Å². The Balaban J connectivity index is 1.75. The maximum absolute atomic E-state index is 11.7. The zero-order valence-corrected chi connectivity index (χ0v) is 10.4. The number of methoxy groups -OCH3 is 1. The van der Waals surface area contributed by atoms with Gasteiger partial charge in [-0.3, -0.25) is 4.79 Å². The van der Waals surface area contributed by atoms with E-state index in [0.717, 1.165) is 24.5 Å². The van der Waals surface area contributed by atoms with Crippen LogP contribution in [0.4, 0.5) is 5.69 Å². The number of nitrogens with one attached hydrogen (secondary N) is 2. The lowest BCUT2D eigenvalue weighted by atomic mass is 10.2. The van der Waals surface area contributed by atoms with Crippen molar-refractivity contribution in [2.24, 2.45) is 0 Å². The molecule has 0 aliphatic carbocycles. The van der Waals surface area contributed by atoms with Gasteiger partial charge in [-0.15, -0.1) is 0 Å². The van der Waals surface area contributed by atoms with Crippen molar-refractivity contribution in [2.75, 3.05) is 32.2 Å². The van der Waals surface area contributed by atoms with Crippen LogP contribution in [0.15, 0.2) is 24.3 Å². The number of rotatable bonds is 5. The van der Waals surface area contributed by atoms with Gasteiger partial charge in [-0.2, -0.15) is 0 Å². The van der Waals surface area contributed by atoms with Crippen LogP contribution >= 0.6 is 0 Å². The first kappa shape index (κ1) is 12.9. The molecule has 2 N–H and O–H groups in total. The van der Waals surface area contributed by atoms with E-state index in [1.54, 1.807) is 7.11 Å². The zero-order chi connectivity index (χ0) is 12.8. The lowest BCUT2D eigenvalue weighted by Crippen LogP contribution is -2.36. The zero-order valence-electron chi connectivity index (χ0n) is 10.4. The molecular formula is C13H18N2O3. The lowest BCUT2D eigenvalue weighted by Gasteiger charge is -2.10. The first-order valence-corrected chi connectivity index (χ1v) is 6.03. The van der Waals surface area contributed by atoms with Crippen molar-refractivity contribution in [1.82, 2.24) is 5.32 Å². The van der Waals surface area contributed by atoms with Crippen molar-refractivity contribution in [3.63, 3.8) is 0 Å². The smallest absolute Gasteiger partial charge is 0.238 e. The van der Waals surface area contributed by atoms with Gasteiger partial charge in [-0.25, -0.2) is 0 Å². The Morgan fingerprint density at radius 1 is 1.44 bits per heavy atom. The second-order valence-corrected chi connectivity index (χ2v) is 4.22. The molecule has 1 unspecified atom stereocenters. The number of carbonyl (C=O) groups is 1. The van der Waals surface area contributed by atoms with Gasteiger partial charge >= 0.3 is 0 Å². The largest absolute Gasteiger partial charge is 0.497 e. The molecule has 1 saturated heterocycles. The third-order valence-electron chi connectivity index (χ3n) is 2.85. The van der Waals surface area contributed by atoms with Crippen LogP contribution in [0, 0.1) is 0 Å². The van der Waals surface area contributed by atoms with Gasteiger partial charge in [0.15, 0.2) is 0 Å². The highest BCUT2D eigenvalue weighted by atomic mass is 16.5. The number of benzene rings is 1. The minimum Gasteiger partial charge on any atom is -0.497 e. The first-order chi connectivity index (χ1) is 8.78. The number of ether oxygens (including phenoxy) is 2. The summed E-state index contributed by atoms with van der Waals surface area (Å²) < 4.78 is 10.3. The van der Waals surface area contributed by atoms with E-state index in [1.165, 1.54) is 0 Å². The average molecular weight is 250 g/mol. The molecule has 18 heavy (non-hydrogen) atoms. The van der Waals surface area contributed by atoms with E-state index in [2.05, 4.69) is 10.6 Å². The molecule has 2 rings (SSSR count). The Morgan fingerprint density at radius 3 is 2.83 bits per heavy atom. The van der Waals surface area contributed by atoms with Crippen LogP contribution in [0.2, 0.25) is 0 Å². The monoisotopic (exact) mass is 250 g/mol. The minimum absolute atomic E-state index is 0.0490. The average Bonchev–Trinajstić information content (AvgIpc) is 2.90. The second kappa shape index (κ2) is 6.37. The summed E-state index contributed by atoms with van der Waals surface area (Å²) in [5, 5.41) is 5.98. The maximum atomic E-state index is 11.7. The fraction of sp³-hybridized carbons (Fsp3) is 0.462. The third-order valence-corrected chi connectivity index (χ3v) is 2.85. The quantitative estimate of drug-likeness (QED) is 0.819. The van der Waals surface area contributed by atoms with Crippen molar-refractivity contribution in [1.29, 1.82) is 0 Å². The Bertz CT molecular complexity index is 386. The van der Waals surface area contributed by atoms with E-state index >= 15 is 0 Å². The molecule has 0 bridgehead atoms. The van der Waals surface area contributed by atoms with Crippen LogP contribution < -0.4 is 15.4 Å². The van der Waals surface area contributed by atoms with Gasteiger partial charge in [0.25, 0.3) is 0 Å². The normalized spacial score (nSPS) is 18.6. The molecular weight excluding hydrogens is 232 g/mol. The number of hydrogen-bond donors (Lipinski definition) is 2. The topological polar surface area (TPSA) is 59.6 Å². The molecule has 5 heteroatoms. The van der Waals surface area contributed by atoms with E-state index in [-0.39, 0.29) is 5.91 Å². The summed E-state index contributed by atoms with van der Waals surface area (Å²) in [6.07, 6.45) is 0.968. The van der Waals surface area contributed by atoms with Gasteiger partial charge < -0.3 is 20.1 Å². The van der Waals surface area contributed by atoms with Crippen LogP contribution in [-0.2, 0) is 9.53 Å². The first-order valence-electron chi connectivity index (χ1n) is 6.03. The van der Waals surface area contributed by atoms with Crippen LogP contribution in [0.1, 0.15) is 6.42 Å². The maximum Gasteiger partial charge on any atom is 0.238 e. The Kier molecular flexibility index (Phi) is 4.55. The van der Waals surface area contributed by atoms with Crippen molar-refractivity contribution in [3.05, 3.63) is 24.3 Å². The predicted octanol–water partition coefficient (Wildman–Crippen LogP) is 1.01. The van der Waals surface area contributed by atoms with E-state index < -0.39 is 0 Å². The molecule has 0 spiro atoms. The van der Waals surface area contributed by atoms with E-state index in [0.29, 0.717) is 19.2 Å². The van der Waals surface area contributed by atoms with Crippen molar-refractivity contribution < 1.29 is 14.3 Å². The Morgan fingerprint density at radius 2 is 2.22 bits per heavy atom. The number of carbonyl (C=O) groups excluding carboxylic acids is 1. The summed E-state index contributed by atoms with van der Waals surface area (Å²) >= 11 is 0. The minimum atomic E-state index is -0.0490. The molecule has 0 aromatic heterocycles. The number of anilines is 1. The summed E-state index contributed by atoms with van der Waals surface area (Å²) in [6.45, 7) is 1.77. The molecule has 1 aliphatic rings. The molecule has 0 saturated carbocycles. The number of amides is 1. The van der Waals surface area contributed by atoms with Gasteiger partial charge in [0, 0.05) is 18.3 Å². The predicted molar refractivity (Wildman–Crippen MR) is 68.9 cm³/mol. The van der Waals surface area contributed by atoms with Crippen LogP contribution in [-0.4, -0.2) is 38.8 Å². The molecule has 0 radical (unpaired) electrons. The van der Waals surface area contributed by atoms with Crippen LogP contribution in [0.5, 0.6) is 5.75 Å². The standard InChI is InChI=1S/C13H18N2O3/c1-17-12-4-2-10(3-5-12)15-13(16)8-14-11-6-7-18-9-11/h2-5,11,14H,6-9H2,1H3,(H,15,16). The molecule has 1 heterocycles. The van der Waals surface area contributed by atoms with Gasteiger partial charge in [0.1, 0.15) is 5.75 Å². The SMILES string of the molecule is COc1ccc(NC(=O)CNC2CCOC2)cc1. The van der Waals surface area contributed by atoms with Crippen molar-refractivity contribution in [2.45, 2.75) is 12.5 Å². The van der Waals surface area contributed by atoms with Gasteiger partial charge in [-0.05, 0) is 30.7 Å². The van der Waals surface area contributed by atoms with Crippen molar-refractivity contribution in [3.8, 4) is 5.75 Å². The third kappa shape index (κ3) is 3.72. The van der Waals surface area contributed by atoms with Crippen molar-refractivity contribution >= 4 is 11.6 Å². The number of hydrogen-bond acceptors (Lipinski definition) is 4. The molecule has 1 fully saturated rings. The molecule has 1 aliphatic heterocycles. The highest BCUT2D eigenvalue weighted by Gasteiger charge is 2.15. The Labute approximate surface area is 106 Å². The van der Waals surface area contributed by atoms with Gasteiger partial charge in [-0.1, -0.05) is 0 Å². The fourth-order valence-corrected chi connectivity index (χ4v) is 1.81. The molecule has 1 aromatic carbocycles. The molecule has 1 amide bonds. The molecule has 1 atom stereocenters. The molecule has 98 valence electrons. The summed E-state index contributed by atoms with van der Waals surface area (Å²) in [4.78, 5) is 11.7. The van der Waals surface area contributed by atoms with Gasteiger partial charge in [0.05, 0.1) is 20.3 Å². The highest BCUT2D eigenvalue weighted by Crippen LogP contribution is 2.14. The second-order valence-electron chi connectivity index (χ2n) is 4.22. The Hall–Kier alpha value is -1.59. The van der Waals surface area contributed by atoms with Crippen LogP contribution in [0.25, 0.3) is 0 Å². The lowest BCUT2D eigenvalue weighted by molar-refractivity contribution is -0.115. The van der Waals surface area contributed by atoms with Crippen LogP contribution in [0.3, 0.4) is 0 Å². The molecule has 1 aromatic rings. The summed E-state index contributed by atoms with van der Waals surface area (Å²) in [5.41, 5.74) is 0.769. The van der Waals surface area contributed by atoms with E-state index in [1.807, 2.05) is 24.3 Å². The summed E-state index contributed by atoms with van der Waals surface area (Å²) in [6, 6.07) is 7.55.